The van der Waals surface area contributed by atoms with Crippen LogP contribution >= 0.6 is 11.6 Å². The summed E-state index contributed by atoms with van der Waals surface area (Å²) in [5, 5.41) is 3.50. The van der Waals surface area contributed by atoms with Crippen LogP contribution in [-0.2, 0) is 11.3 Å². The Labute approximate surface area is 184 Å². The molecule has 1 amide bonds. The topological polar surface area (TPSA) is 56.8 Å². The van der Waals surface area contributed by atoms with E-state index in [1.54, 1.807) is 26.4 Å². The predicted octanol–water partition coefficient (Wildman–Crippen LogP) is 5.48. The zero-order valence-electron chi connectivity index (χ0n) is 18.7. The van der Waals surface area contributed by atoms with Gasteiger partial charge in [-0.1, -0.05) is 37.6 Å². The molecule has 0 aliphatic heterocycles. The zero-order valence-corrected chi connectivity index (χ0v) is 19.5. The Morgan fingerprint density at radius 1 is 1.03 bits per heavy atom. The molecular formula is C24H32ClNO4. The van der Waals surface area contributed by atoms with E-state index in [4.69, 9.17) is 25.8 Å². The van der Waals surface area contributed by atoms with Crippen LogP contribution in [0, 0.1) is 19.3 Å². The van der Waals surface area contributed by atoms with E-state index in [1.165, 1.54) is 5.56 Å². The molecule has 6 heteroatoms. The van der Waals surface area contributed by atoms with Crippen LogP contribution < -0.4 is 19.5 Å². The Hall–Kier alpha value is -2.40. The molecule has 0 unspecified atom stereocenters. The van der Waals surface area contributed by atoms with Crippen molar-refractivity contribution in [3.05, 3.63) is 52.0 Å². The SMILES string of the molecule is COc1cc(Cl)c(CNC(=O)C(C)(C)CCCOc2cc(C)ccc2C)cc1OC. The Bertz CT molecular complexity index is 880. The van der Waals surface area contributed by atoms with Crippen molar-refractivity contribution in [2.45, 2.75) is 47.1 Å². The fraction of sp³-hybridized carbons (Fsp3) is 0.458. The van der Waals surface area contributed by atoms with Crippen LogP contribution in [-0.4, -0.2) is 26.7 Å². The molecule has 5 nitrogen and oxygen atoms in total. The molecule has 0 aromatic heterocycles. The largest absolute Gasteiger partial charge is 0.493 e. The zero-order chi connectivity index (χ0) is 22.3. The first-order chi connectivity index (χ1) is 14.2. The van der Waals surface area contributed by atoms with Crippen LogP contribution in [0.15, 0.2) is 30.3 Å². The van der Waals surface area contributed by atoms with Crippen molar-refractivity contribution in [1.82, 2.24) is 5.32 Å². The van der Waals surface area contributed by atoms with E-state index in [0.29, 0.717) is 36.1 Å². The maximum Gasteiger partial charge on any atom is 0.225 e. The van der Waals surface area contributed by atoms with Gasteiger partial charge >= 0.3 is 0 Å². The summed E-state index contributed by atoms with van der Waals surface area (Å²) in [5.41, 5.74) is 2.54. The third kappa shape index (κ3) is 6.30. The molecule has 30 heavy (non-hydrogen) atoms. The van der Waals surface area contributed by atoms with Gasteiger partial charge < -0.3 is 19.5 Å². The average molecular weight is 434 g/mol. The molecule has 0 bridgehead atoms. The van der Waals surface area contributed by atoms with Gasteiger partial charge in [0.15, 0.2) is 11.5 Å². The number of benzene rings is 2. The van der Waals surface area contributed by atoms with Gasteiger partial charge in [0, 0.05) is 23.0 Å². The number of methoxy groups -OCH3 is 2. The highest BCUT2D eigenvalue weighted by Crippen LogP contribution is 2.33. The van der Waals surface area contributed by atoms with Gasteiger partial charge in [-0.05, 0) is 55.5 Å². The third-order valence-corrected chi connectivity index (χ3v) is 5.51. The van der Waals surface area contributed by atoms with E-state index in [9.17, 15) is 4.79 Å². The molecule has 2 aromatic rings. The van der Waals surface area contributed by atoms with Crippen LogP contribution in [0.4, 0.5) is 0 Å². The number of hydrogen-bond acceptors (Lipinski definition) is 4. The average Bonchev–Trinajstić information content (AvgIpc) is 2.72. The highest BCUT2D eigenvalue weighted by molar-refractivity contribution is 6.31. The molecule has 0 saturated heterocycles. The lowest BCUT2D eigenvalue weighted by Gasteiger charge is -2.24. The third-order valence-electron chi connectivity index (χ3n) is 5.15. The molecule has 0 saturated carbocycles. The molecule has 0 spiro atoms. The second-order valence-corrected chi connectivity index (χ2v) is 8.49. The van der Waals surface area contributed by atoms with Gasteiger partial charge in [-0.2, -0.15) is 0 Å². The normalized spacial score (nSPS) is 11.2. The smallest absolute Gasteiger partial charge is 0.225 e. The van der Waals surface area contributed by atoms with Crippen molar-refractivity contribution in [2.24, 2.45) is 5.41 Å². The molecule has 2 aromatic carbocycles. The monoisotopic (exact) mass is 433 g/mol. The molecule has 0 atom stereocenters. The van der Waals surface area contributed by atoms with Gasteiger partial charge in [-0.15, -0.1) is 0 Å². The number of carbonyl (C=O) groups excluding carboxylic acids is 1. The maximum absolute atomic E-state index is 12.7. The number of halogens is 1. The van der Waals surface area contributed by atoms with Gasteiger partial charge in [-0.3, -0.25) is 4.79 Å². The molecule has 1 N–H and O–H groups in total. The number of ether oxygens (including phenoxy) is 3. The first-order valence-electron chi connectivity index (χ1n) is 10.1. The molecule has 0 radical (unpaired) electrons. The quantitative estimate of drug-likeness (QED) is 0.504. The van der Waals surface area contributed by atoms with Gasteiger partial charge in [0.2, 0.25) is 5.91 Å². The predicted molar refractivity (Wildman–Crippen MR) is 121 cm³/mol. The lowest BCUT2D eigenvalue weighted by molar-refractivity contribution is -0.130. The number of carbonyl (C=O) groups is 1. The van der Waals surface area contributed by atoms with Crippen molar-refractivity contribution >= 4 is 17.5 Å². The van der Waals surface area contributed by atoms with Gasteiger partial charge in [0.1, 0.15) is 5.75 Å². The summed E-state index contributed by atoms with van der Waals surface area (Å²) in [6, 6.07) is 9.64. The molecule has 0 heterocycles. The number of rotatable bonds is 10. The molecular weight excluding hydrogens is 402 g/mol. The summed E-state index contributed by atoms with van der Waals surface area (Å²) in [6.07, 6.45) is 1.49. The molecule has 0 aliphatic rings. The minimum Gasteiger partial charge on any atom is -0.493 e. The summed E-state index contributed by atoms with van der Waals surface area (Å²) in [7, 11) is 3.12. The number of hydrogen-bond donors (Lipinski definition) is 1. The highest BCUT2D eigenvalue weighted by atomic mass is 35.5. The number of amides is 1. The molecule has 0 fully saturated rings. The van der Waals surface area contributed by atoms with Gasteiger partial charge in [-0.25, -0.2) is 0 Å². The fourth-order valence-corrected chi connectivity index (χ4v) is 3.34. The second-order valence-electron chi connectivity index (χ2n) is 8.09. The Morgan fingerprint density at radius 2 is 1.70 bits per heavy atom. The van der Waals surface area contributed by atoms with E-state index in [-0.39, 0.29) is 5.91 Å². The molecule has 0 aliphatic carbocycles. The Balaban J connectivity index is 1.87. The summed E-state index contributed by atoms with van der Waals surface area (Å²) >= 11 is 6.32. The Morgan fingerprint density at radius 3 is 2.37 bits per heavy atom. The fourth-order valence-electron chi connectivity index (χ4n) is 3.12. The summed E-state index contributed by atoms with van der Waals surface area (Å²) in [4.78, 5) is 12.7. The van der Waals surface area contributed by atoms with Crippen molar-refractivity contribution in [3.63, 3.8) is 0 Å². The Kier molecular flexibility index (Phi) is 8.42. The minimum absolute atomic E-state index is 0.0277. The van der Waals surface area contributed by atoms with Crippen LogP contribution in [0.2, 0.25) is 5.02 Å². The van der Waals surface area contributed by atoms with Crippen molar-refractivity contribution < 1.29 is 19.0 Å². The lowest BCUT2D eigenvalue weighted by Crippen LogP contribution is -2.36. The van der Waals surface area contributed by atoms with E-state index in [0.717, 1.165) is 23.3 Å². The van der Waals surface area contributed by atoms with Crippen LogP contribution in [0.5, 0.6) is 17.2 Å². The second kappa shape index (κ2) is 10.6. The summed E-state index contributed by atoms with van der Waals surface area (Å²) in [6.45, 7) is 8.85. The molecule has 2 rings (SSSR count). The van der Waals surface area contributed by atoms with E-state index >= 15 is 0 Å². The van der Waals surface area contributed by atoms with E-state index in [2.05, 4.69) is 17.4 Å². The molecule has 164 valence electrons. The van der Waals surface area contributed by atoms with Crippen molar-refractivity contribution in [1.29, 1.82) is 0 Å². The van der Waals surface area contributed by atoms with Crippen molar-refractivity contribution in [2.75, 3.05) is 20.8 Å². The highest BCUT2D eigenvalue weighted by Gasteiger charge is 2.27. The number of nitrogens with one attached hydrogen (secondary N) is 1. The minimum atomic E-state index is -0.520. The number of aryl methyl sites for hydroxylation is 2. The lowest BCUT2D eigenvalue weighted by atomic mass is 9.87. The standard InChI is InChI=1S/C24H32ClNO4/c1-16-8-9-17(2)20(12-16)30-11-7-10-24(3,4)23(27)26-15-18-13-21(28-5)22(29-6)14-19(18)25/h8-9,12-14H,7,10-11,15H2,1-6H3,(H,26,27). The van der Waals surface area contributed by atoms with E-state index in [1.807, 2.05) is 33.8 Å². The van der Waals surface area contributed by atoms with Crippen LogP contribution in [0.3, 0.4) is 0 Å². The first kappa shape index (κ1) is 23.9. The van der Waals surface area contributed by atoms with Gasteiger partial charge in [0.05, 0.1) is 20.8 Å². The maximum atomic E-state index is 12.7. The summed E-state index contributed by atoms with van der Waals surface area (Å²) < 4.78 is 16.5. The van der Waals surface area contributed by atoms with E-state index < -0.39 is 5.41 Å². The van der Waals surface area contributed by atoms with Crippen LogP contribution in [0.1, 0.15) is 43.4 Å². The van der Waals surface area contributed by atoms with Gasteiger partial charge in [0.25, 0.3) is 0 Å². The summed E-state index contributed by atoms with van der Waals surface area (Å²) in [5.74, 6) is 2.01. The van der Waals surface area contributed by atoms with Crippen LogP contribution in [0.25, 0.3) is 0 Å². The first-order valence-corrected chi connectivity index (χ1v) is 10.4. The van der Waals surface area contributed by atoms with Crippen molar-refractivity contribution in [3.8, 4) is 17.2 Å².